The lowest BCUT2D eigenvalue weighted by Gasteiger charge is -2.29. The molecule has 1 fully saturated rings. The van der Waals surface area contributed by atoms with Crippen LogP contribution in [0.1, 0.15) is 44.6 Å². The number of allylic oxidation sites excluding steroid dienone is 2. The van der Waals surface area contributed by atoms with Crippen LogP contribution >= 0.6 is 0 Å². The first-order valence-electron chi connectivity index (χ1n) is 7.49. The van der Waals surface area contributed by atoms with Crippen LogP contribution in [0.15, 0.2) is 24.3 Å². The largest absolute Gasteiger partial charge is 0.491 e. The molecule has 108 valence electrons. The number of halogens is 1. The van der Waals surface area contributed by atoms with Gasteiger partial charge >= 0.3 is 0 Å². The van der Waals surface area contributed by atoms with Gasteiger partial charge in [-0.15, -0.1) is 0 Å². The third-order valence-electron chi connectivity index (χ3n) is 4.36. The Balaban J connectivity index is 1.86. The molecule has 1 aromatic carbocycles. The van der Waals surface area contributed by atoms with Gasteiger partial charge in [0.05, 0.1) is 6.61 Å². The van der Waals surface area contributed by atoms with Gasteiger partial charge in [0.25, 0.3) is 0 Å². The van der Waals surface area contributed by atoms with E-state index in [2.05, 4.69) is 12.2 Å². The molecule has 1 heterocycles. The summed E-state index contributed by atoms with van der Waals surface area (Å²) in [5.74, 6) is 1.30. The van der Waals surface area contributed by atoms with Gasteiger partial charge in [0.1, 0.15) is 6.10 Å². The quantitative estimate of drug-likeness (QED) is 0.760. The van der Waals surface area contributed by atoms with E-state index in [4.69, 9.17) is 9.47 Å². The monoisotopic (exact) mass is 276 g/mol. The molecule has 3 atom stereocenters. The number of ether oxygens (including phenoxy) is 2. The van der Waals surface area contributed by atoms with Crippen LogP contribution in [0, 0.1) is 11.7 Å². The lowest BCUT2D eigenvalue weighted by molar-refractivity contribution is 0.139. The van der Waals surface area contributed by atoms with Crippen molar-refractivity contribution in [2.75, 3.05) is 6.61 Å². The second-order valence-corrected chi connectivity index (χ2v) is 5.59. The van der Waals surface area contributed by atoms with E-state index < -0.39 is 0 Å². The minimum Gasteiger partial charge on any atom is -0.491 e. The number of rotatable bonds is 3. The summed E-state index contributed by atoms with van der Waals surface area (Å²) in [7, 11) is 0. The van der Waals surface area contributed by atoms with Crippen LogP contribution in [0.5, 0.6) is 11.5 Å². The predicted octanol–water partition coefficient (Wildman–Crippen LogP) is 4.45. The topological polar surface area (TPSA) is 18.5 Å². The molecule has 20 heavy (non-hydrogen) atoms. The summed E-state index contributed by atoms with van der Waals surface area (Å²) in [6.45, 7) is 4.37. The van der Waals surface area contributed by atoms with Gasteiger partial charge < -0.3 is 9.47 Å². The Bertz CT molecular complexity index is 524. The fourth-order valence-electron chi connectivity index (χ4n) is 3.48. The molecule has 2 unspecified atom stereocenters. The first kappa shape index (κ1) is 13.5. The summed E-state index contributed by atoms with van der Waals surface area (Å²) < 4.78 is 25.6. The van der Waals surface area contributed by atoms with Crippen molar-refractivity contribution in [3.05, 3.63) is 35.7 Å². The Hall–Kier alpha value is -1.51. The zero-order chi connectivity index (χ0) is 14.1. The molecule has 0 bridgehead atoms. The third kappa shape index (κ3) is 2.19. The van der Waals surface area contributed by atoms with Crippen LogP contribution < -0.4 is 9.47 Å². The standard InChI is InChI=1S/C17H21FO2/c1-3-5-11-6-7-12-13-8-9-14(19-4-2)16(18)17(13)20-15(12)10-11/h3,5,8-9,11-12,15H,4,6-7,10H2,1-2H3/t11?,12-,15?/m0/s1. The van der Waals surface area contributed by atoms with Gasteiger partial charge in [-0.3, -0.25) is 0 Å². The van der Waals surface area contributed by atoms with Crippen molar-refractivity contribution in [2.45, 2.75) is 45.1 Å². The first-order valence-corrected chi connectivity index (χ1v) is 7.49. The van der Waals surface area contributed by atoms with E-state index in [9.17, 15) is 4.39 Å². The SMILES string of the molecule is CC=CC1CC[C@H]2c3ccc(OCC)c(F)c3OC2C1. The van der Waals surface area contributed by atoms with Crippen LogP contribution in [0.2, 0.25) is 0 Å². The van der Waals surface area contributed by atoms with Crippen LogP contribution in [-0.2, 0) is 0 Å². The molecular weight excluding hydrogens is 255 g/mol. The normalized spacial score (nSPS) is 28.1. The second-order valence-electron chi connectivity index (χ2n) is 5.59. The Morgan fingerprint density at radius 2 is 2.25 bits per heavy atom. The molecular formula is C17H21FO2. The maximum Gasteiger partial charge on any atom is 0.207 e. The van der Waals surface area contributed by atoms with Crippen molar-refractivity contribution >= 4 is 0 Å². The van der Waals surface area contributed by atoms with Crippen LogP contribution in [0.4, 0.5) is 4.39 Å². The molecule has 0 spiro atoms. The molecule has 1 aromatic rings. The number of hydrogen-bond donors (Lipinski definition) is 0. The summed E-state index contributed by atoms with van der Waals surface area (Å²) in [4.78, 5) is 0. The van der Waals surface area contributed by atoms with Crippen molar-refractivity contribution < 1.29 is 13.9 Å². The summed E-state index contributed by atoms with van der Waals surface area (Å²) in [5.41, 5.74) is 1.02. The summed E-state index contributed by atoms with van der Waals surface area (Å²) >= 11 is 0. The van der Waals surface area contributed by atoms with Crippen molar-refractivity contribution in [3.63, 3.8) is 0 Å². The summed E-state index contributed by atoms with van der Waals surface area (Å²) in [6.07, 6.45) is 7.66. The highest BCUT2D eigenvalue weighted by Gasteiger charge is 2.40. The molecule has 0 radical (unpaired) electrons. The average molecular weight is 276 g/mol. The van der Waals surface area contributed by atoms with E-state index in [0.29, 0.717) is 29.9 Å². The molecule has 2 nitrogen and oxygen atoms in total. The molecule has 0 aromatic heterocycles. The highest BCUT2D eigenvalue weighted by atomic mass is 19.1. The highest BCUT2D eigenvalue weighted by Crippen LogP contribution is 2.49. The molecule has 1 aliphatic heterocycles. The van der Waals surface area contributed by atoms with Gasteiger partial charge in [0.2, 0.25) is 5.82 Å². The highest BCUT2D eigenvalue weighted by molar-refractivity contribution is 5.48. The molecule has 2 aliphatic rings. The van der Waals surface area contributed by atoms with Crippen LogP contribution in [0.25, 0.3) is 0 Å². The third-order valence-corrected chi connectivity index (χ3v) is 4.36. The summed E-state index contributed by atoms with van der Waals surface area (Å²) in [6, 6.07) is 3.71. The van der Waals surface area contributed by atoms with Gasteiger partial charge in [-0.2, -0.15) is 4.39 Å². The lowest BCUT2D eigenvalue weighted by atomic mass is 9.78. The van der Waals surface area contributed by atoms with Crippen molar-refractivity contribution in [1.29, 1.82) is 0 Å². The molecule has 3 rings (SSSR count). The zero-order valence-corrected chi connectivity index (χ0v) is 12.1. The van der Waals surface area contributed by atoms with Gasteiger partial charge in [0.15, 0.2) is 11.5 Å². The number of fused-ring (bicyclic) bond motifs is 3. The summed E-state index contributed by atoms with van der Waals surface area (Å²) in [5, 5.41) is 0. The Labute approximate surface area is 119 Å². The smallest absolute Gasteiger partial charge is 0.207 e. The average Bonchev–Trinajstić information content (AvgIpc) is 2.81. The maximum atomic E-state index is 14.4. The van der Waals surface area contributed by atoms with Crippen LogP contribution in [-0.4, -0.2) is 12.7 Å². The molecule has 0 saturated heterocycles. The molecule has 1 saturated carbocycles. The minimum absolute atomic E-state index is 0.117. The number of hydrogen-bond acceptors (Lipinski definition) is 2. The van der Waals surface area contributed by atoms with E-state index in [1.54, 1.807) is 6.07 Å². The Kier molecular flexibility index (Phi) is 3.68. The molecule has 0 N–H and O–H groups in total. The van der Waals surface area contributed by atoms with E-state index in [1.165, 1.54) is 0 Å². The van der Waals surface area contributed by atoms with Crippen molar-refractivity contribution in [2.24, 2.45) is 5.92 Å². The minimum atomic E-state index is -0.332. The fraction of sp³-hybridized carbons (Fsp3) is 0.529. The molecule has 1 aliphatic carbocycles. The van der Waals surface area contributed by atoms with Crippen LogP contribution in [0.3, 0.4) is 0 Å². The molecule has 0 amide bonds. The Morgan fingerprint density at radius 3 is 3.00 bits per heavy atom. The van der Waals surface area contributed by atoms with Crippen molar-refractivity contribution in [3.8, 4) is 11.5 Å². The van der Waals surface area contributed by atoms with E-state index in [1.807, 2.05) is 19.9 Å². The van der Waals surface area contributed by atoms with Gasteiger partial charge in [0, 0.05) is 11.5 Å². The van der Waals surface area contributed by atoms with E-state index >= 15 is 0 Å². The van der Waals surface area contributed by atoms with Gasteiger partial charge in [-0.1, -0.05) is 18.2 Å². The van der Waals surface area contributed by atoms with E-state index in [-0.39, 0.29) is 11.9 Å². The predicted molar refractivity (Wildman–Crippen MR) is 76.9 cm³/mol. The number of benzene rings is 1. The van der Waals surface area contributed by atoms with Gasteiger partial charge in [-0.05, 0) is 45.1 Å². The lowest BCUT2D eigenvalue weighted by Crippen LogP contribution is -2.27. The molecule has 3 heteroatoms. The zero-order valence-electron chi connectivity index (χ0n) is 12.1. The van der Waals surface area contributed by atoms with Gasteiger partial charge in [-0.25, -0.2) is 0 Å². The van der Waals surface area contributed by atoms with Crippen molar-refractivity contribution in [1.82, 2.24) is 0 Å². The Morgan fingerprint density at radius 1 is 1.40 bits per heavy atom. The maximum absolute atomic E-state index is 14.4. The van der Waals surface area contributed by atoms with E-state index in [0.717, 1.165) is 24.8 Å². The first-order chi connectivity index (χ1) is 9.74. The second kappa shape index (κ2) is 5.47. The fourth-order valence-corrected chi connectivity index (χ4v) is 3.48.